The number of carbonyl (C=O) groups excluding carboxylic acids is 1. The van der Waals surface area contributed by atoms with E-state index in [4.69, 9.17) is 23.2 Å². The largest absolute Gasteiger partial charge is 0.324 e. The van der Waals surface area contributed by atoms with Crippen LogP contribution in [0.3, 0.4) is 0 Å². The molecular formula is C14H14Cl2N2OS. The van der Waals surface area contributed by atoms with Gasteiger partial charge in [-0.2, -0.15) is 11.3 Å². The van der Waals surface area contributed by atoms with E-state index < -0.39 is 0 Å². The Morgan fingerprint density at radius 3 is 2.85 bits per heavy atom. The van der Waals surface area contributed by atoms with Crippen LogP contribution in [0, 0.1) is 0 Å². The van der Waals surface area contributed by atoms with E-state index in [1.807, 2.05) is 23.4 Å². The summed E-state index contributed by atoms with van der Waals surface area (Å²) in [6, 6.07) is 7.03. The van der Waals surface area contributed by atoms with Crippen molar-refractivity contribution in [3.05, 3.63) is 50.6 Å². The van der Waals surface area contributed by atoms with Gasteiger partial charge in [-0.1, -0.05) is 23.2 Å². The third-order valence-corrected chi connectivity index (χ3v) is 3.95. The molecule has 0 unspecified atom stereocenters. The molecule has 0 bridgehead atoms. The summed E-state index contributed by atoms with van der Waals surface area (Å²) in [5.74, 6) is -0.119. The maximum atomic E-state index is 12.0. The molecule has 3 nitrogen and oxygen atoms in total. The molecule has 2 aromatic rings. The zero-order chi connectivity index (χ0) is 14.5. The minimum atomic E-state index is -0.119. The lowest BCUT2D eigenvalue weighted by Gasteiger charge is -2.16. The van der Waals surface area contributed by atoms with E-state index in [2.05, 4.69) is 10.7 Å². The number of nitrogens with one attached hydrogen (secondary N) is 1. The Labute approximate surface area is 132 Å². The van der Waals surface area contributed by atoms with Crippen molar-refractivity contribution in [2.75, 3.05) is 18.9 Å². The Morgan fingerprint density at radius 2 is 2.15 bits per heavy atom. The van der Waals surface area contributed by atoms with E-state index in [1.165, 1.54) is 5.56 Å². The number of nitrogens with zero attached hydrogens (tertiary/aromatic N) is 1. The van der Waals surface area contributed by atoms with Gasteiger partial charge in [0.25, 0.3) is 0 Å². The molecule has 0 atom stereocenters. The van der Waals surface area contributed by atoms with Gasteiger partial charge in [-0.15, -0.1) is 0 Å². The maximum Gasteiger partial charge on any atom is 0.238 e. The summed E-state index contributed by atoms with van der Waals surface area (Å²) in [6.07, 6.45) is 0. The van der Waals surface area contributed by atoms with Gasteiger partial charge in [-0.3, -0.25) is 9.69 Å². The SMILES string of the molecule is CN(CC(=O)Nc1cc(Cl)ccc1Cl)Cc1ccsc1. The first kappa shape index (κ1) is 15.3. The van der Waals surface area contributed by atoms with Crippen LogP contribution in [0.1, 0.15) is 5.56 Å². The number of hydrogen-bond donors (Lipinski definition) is 1. The number of hydrogen-bond acceptors (Lipinski definition) is 3. The molecule has 0 aliphatic rings. The first-order valence-corrected chi connectivity index (χ1v) is 7.69. The smallest absolute Gasteiger partial charge is 0.238 e. The van der Waals surface area contributed by atoms with Crippen molar-refractivity contribution in [3.63, 3.8) is 0 Å². The predicted molar refractivity (Wildman–Crippen MR) is 85.7 cm³/mol. The van der Waals surface area contributed by atoms with Gasteiger partial charge in [0.05, 0.1) is 17.3 Å². The summed E-state index contributed by atoms with van der Waals surface area (Å²) >= 11 is 13.5. The molecule has 1 heterocycles. The van der Waals surface area contributed by atoms with Crippen LogP contribution in [-0.4, -0.2) is 24.4 Å². The Morgan fingerprint density at radius 1 is 1.35 bits per heavy atom. The highest BCUT2D eigenvalue weighted by molar-refractivity contribution is 7.07. The molecule has 0 saturated heterocycles. The minimum Gasteiger partial charge on any atom is -0.324 e. The van der Waals surface area contributed by atoms with Crippen molar-refractivity contribution < 1.29 is 4.79 Å². The number of rotatable bonds is 5. The fourth-order valence-corrected chi connectivity index (χ4v) is 2.78. The van der Waals surface area contributed by atoms with E-state index in [1.54, 1.807) is 29.5 Å². The Bertz CT molecular complexity index is 587. The van der Waals surface area contributed by atoms with E-state index in [0.717, 1.165) is 6.54 Å². The second-order valence-corrected chi connectivity index (χ2v) is 6.10. The molecule has 0 aliphatic heterocycles. The topological polar surface area (TPSA) is 32.3 Å². The molecule has 0 spiro atoms. The van der Waals surface area contributed by atoms with E-state index in [9.17, 15) is 4.79 Å². The fraction of sp³-hybridized carbons (Fsp3) is 0.214. The van der Waals surface area contributed by atoms with Crippen molar-refractivity contribution >= 4 is 46.1 Å². The number of benzene rings is 1. The molecule has 0 saturated carbocycles. The van der Waals surface area contributed by atoms with Gasteiger partial charge in [0.15, 0.2) is 0 Å². The average Bonchev–Trinajstić information content (AvgIpc) is 2.86. The first-order valence-electron chi connectivity index (χ1n) is 5.99. The Balaban J connectivity index is 1.90. The summed E-state index contributed by atoms with van der Waals surface area (Å²) < 4.78 is 0. The highest BCUT2D eigenvalue weighted by atomic mass is 35.5. The third-order valence-electron chi connectivity index (χ3n) is 2.65. The molecular weight excluding hydrogens is 315 g/mol. The van der Waals surface area contributed by atoms with Crippen LogP contribution in [0.4, 0.5) is 5.69 Å². The van der Waals surface area contributed by atoms with Gasteiger partial charge in [0.2, 0.25) is 5.91 Å². The van der Waals surface area contributed by atoms with E-state index in [-0.39, 0.29) is 5.91 Å². The third kappa shape index (κ3) is 4.49. The molecule has 6 heteroatoms. The summed E-state index contributed by atoms with van der Waals surface area (Å²) in [6.45, 7) is 1.03. The molecule has 1 N–H and O–H groups in total. The first-order chi connectivity index (χ1) is 9.54. The van der Waals surface area contributed by atoms with Crippen LogP contribution < -0.4 is 5.32 Å². The highest BCUT2D eigenvalue weighted by Gasteiger charge is 2.10. The molecule has 1 amide bonds. The lowest BCUT2D eigenvalue weighted by molar-refractivity contribution is -0.117. The highest BCUT2D eigenvalue weighted by Crippen LogP contribution is 2.25. The molecule has 0 aliphatic carbocycles. The summed E-state index contributed by atoms with van der Waals surface area (Å²) in [5, 5.41) is 7.88. The molecule has 20 heavy (non-hydrogen) atoms. The van der Waals surface area contributed by atoms with Crippen LogP contribution >= 0.6 is 34.5 Å². The van der Waals surface area contributed by atoms with Crippen LogP contribution in [0.15, 0.2) is 35.0 Å². The minimum absolute atomic E-state index is 0.119. The van der Waals surface area contributed by atoms with Gasteiger partial charge in [0, 0.05) is 11.6 Å². The molecule has 1 aromatic heterocycles. The van der Waals surface area contributed by atoms with Crippen molar-refractivity contribution in [1.82, 2.24) is 4.90 Å². The molecule has 0 fully saturated rings. The van der Waals surface area contributed by atoms with Crippen LogP contribution in [-0.2, 0) is 11.3 Å². The standard InChI is InChI=1S/C14H14Cl2N2OS/c1-18(7-10-4-5-20-9-10)8-14(19)17-13-6-11(15)2-3-12(13)16/h2-6,9H,7-8H2,1H3,(H,17,19). The zero-order valence-electron chi connectivity index (χ0n) is 10.9. The van der Waals surface area contributed by atoms with Gasteiger partial charge in [0.1, 0.15) is 0 Å². The molecule has 106 valence electrons. The average molecular weight is 329 g/mol. The zero-order valence-corrected chi connectivity index (χ0v) is 13.2. The summed E-state index contributed by atoms with van der Waals surface area (Å²) in [7, 11) is 1.90. The molecule has 2 rings (SSSR count). The van der Waals surface area contributed by atoms with Crippen LogP contribution in [0.2, 0.25) is 10.0 Å². The number of likely N-dealkylation sites (N-methyl/N-ethyl adjacent to an activating group) is 1. The van der Waals surface area contributed by atoms with E-state index in [0.29, 0.717) is 22.3 Å². The number of halogens is 2. The second kappa shape index (κ2) is 7.09. The molecule has 1 aromatic carbocycles. The number of amides is 1. The fourth-order valence-electron chi connectivity index (χ4n) is 1.78. The molecule has 0 radical (unpaired) electrons. The van der Waals surface area contributed by atoms with Crippen molar-refractivity contribution in [3.8, 4) is 0 Å². The quantitative estimate of drug-likeness (QED) is 0.895. The monoisotopic (exact) mass is 328 g/mol. The maximum absolute atomic E-state index is 12.0. The normalized spacial score (nSPS) is 10.8. The lowest BCUT2D eigenvalue weighted by Crippen LogP contribution is -2.29. The van der Waals surface area contributed by atoms with Gasteiger partial charge in [-0.05, 0) is 47.6 Å². The summed E-state index contributed by atoms with van der Waals surface area (Å²) in [5.41, 5.74) is 1.74. The van der Waals surface area contributed by atoms with E-state index >= 15 is 0 Å². The number of thiophene rings is 1. The summed E-state index contributed by atoms with van der Waals surface area (Å²) in [4.78, 5) is 13.9. The Kier molecular flexibility index (Phi) is 5.43. The van der Waals surface area contributed by atoms with Crippen LogP contribution in [0.25, 0.3) is 0 Å². The number of anilines is 1. The van der Waals surface area contributed by atoms with Crippen molar-refractivity contribution in [2.45, 2.75) is 6.54 Å². The number of carbonyl (C=O) groups is 1. The van der Waals surface area contributed by atoms with Gasteiger partial charge >= 0.3 is 0 Å². The second-order valence-electron chi connectivity index (χ2n) is 4.48. The predicted octanol–water partition coefficient (Wildman–Crippen LogP) is 4.13. The Hall–Kier alpha value is -1.07. The van der Waals surface area contributed by atoms with Crippen molar-refractivity contribution in [1.29, 1.82) is 0 Å². The van der Waals surface area contributed by atoms with Crippen molar-refractivity contribution in [2.24, 2.45) is 0 Å². The lowest BCUT2D eigenvalue weighted by atomic mass is 10.3. The van der Waals surface area contributed by atoms with Crippen LogP contribution in [0.5, 0.6) is 0 Å². The van der Waals surface area contributed by atoms with Gasteiger partial charge < -0.3 is 5.32 Å². The van der Waals surface area contributed by atoms with Gasteiger partial charge in [-0.25, -0.2) is 0 Å².